The molecule has 0 aromatic carbocycles. The van der Waals surface area contributed by atoms with E-state index in [1.54, 1.807) is 13.2 Å². The molecule has 1 aromatic rings. The van der Waals surface area contributed by atoms with E-state index in [0.29, 0.717) is 11.1 Å². The van der Waals surface area contributed by atoms with Crippen LogP contribution in [0, 0.1) is 0 Å². The third-order valence-corrected chi connectivity index (χ3v) is 2.25. The smallest absolute Gasteiger partial charge is 0.140 e. The Morgan fingerprint density at radius 1 is 1.50 bits per heavy atom. The zero-order valence-electron chi connectivity index (χ0n) is 6.88. The maximum Gasteiger partial charge on any atom is 0.140 e. The molecule has 1 aliphatic rings. The lowest BCUT2D eigenvalue weighted by atomic mass is 10.2. The van der Waals surface area contributed by atoms with E-state index in [4.69, 9.17) is 16.3 Å². The minimum atomic E-state index is 0.553. The highest BCUT2D eigenvalue weighted by molar-refractivity contribution is 6.29. The Hall–Kier alpha value is -0.760. The first-order valence-electron chi connectivity index (χ1n) is 4.01. The first kappa shape index (κ1) is 7.87. The lowest BCUT2D eigenvalue weighted by Gasteiger charge is -2.05. The standard InChI is InChI=1S/C9H10ClNO/c1-12-7-4-5-8(10)11-9(7)6-2-3-6/h4-6H,2-3H2,1H3. The number of ether oxygens (including phenoxy) is 1. The van der Waals surface area contributed by atoms with Gasteiger partial charge in [-0.25, -0.2) is 4.98 Å². The van der Waals surface area contributed by atoms with Crippen LogP contribution in [-0.2, 0) is 0 Å². The Labute approximate surface area is 76.5 Å². The fourth-order valence-corrected chi connectivity index (χ4v) is 1.41. The molecule has 3 heteroatoms. The van der Waals surface area contributed by atoms with Crippen molar-refractivity contribution < 1.29 is 4.74 Å². The van der Waals surface area contributed by atoms with Gasteiger partial charge in [0.1, 0.15) is 10.9 Å². The summed E-state index contributed by atoms with van der Waals surface area (Å²) in [7, 11) is 1.66. The maximum absolute atomic E-state index is 5.78. The third kappa shape index (κ3) is 1.39. The van der Waals surface area contributed by atoms with Crippen LogP contribution in [0.15, 0.2) is 12.1 Å². The van der Waals surface area contributed by atoms with E-state index < -0.39 is 0 Å². The molecule has 2 nitrogen and oxygen atoms in total. The van der Waals surface area contributed by atoms with E-state index in [1.165, 1.54) is 12.8 Å². The van der Waals surface area contributed by atoms with Crippen molar-refractivity contribution in [3.05, 3.63) is 23.0 Å². The number of halogens is 1. The molecule has 12 heavy (non-hydrogen) atoms. The number of nitrogens with zero attached hydrogens (tertiary/aromatic N) is 1. The van der Waals surface area contributed by atoms with Crippen LogP contribution in [0.25, 0.3) is 0 Å². The van der Waals surface area contributed by atoms with Gasteiger partial charge in [-0.2, -0.15) is 0 Å². The average molecular weight is 184 g/mol. The zero-order chi connectivity index (χ0) is 8.55. The van der Waals surface area contributed by atoms with Crippen molar-refractivity contribution in [3.8, 4) is 5.75 Å². The van der Waals surface area contributed by atoms with E-state index in [9.17, 15) is 0 Å². The summed E-state index contributed by atoms with van der Waals surface area (Å²) in [5.41, 5.74) is 1.02. The molecular formula is C9H10ClNO. The summed E-state index contributed by atoms with van der Waals surface area (Å²) >= 11 is 5.78. The summed E-state index contributed by atoms with van der Waals surface area (Å²) in [5, 5.41) is 0.553. The summed E-state index contributed by atoms with van der Waals surface area (Å²) in [4.78, 5) is 4.25. The monoisotopic (exact) mass is 183 g/mol. The van der Waals surface area contributed by atoms with E-state index in [-0.39, 0.29) is 0 Å². The fourth-order valence-electron chi connectivity index (χ4n) is 1.26. The summed E-state index contributed by atoms with van der Waals surface area (Å²) < 4.78 is 5.18. The van der Waals surface area contributed by atoms with E-state index >= 15 is 0 Å². The van der Waals surface area contributed by atoms with E-state index in [2.05, 4.69) is 4.98 Å². The number of hydrogen-bond acceptors (Lipinski definition) is 2. The number of hydrogen-bond donors (Lipinski definition) is 0. The number of pyridine rings is 1. The van der Waals surface area contributed by atoms with Crippen LogP contribution >= 0.6 is 11.6 Å². The molecule has 0 saturated heterocycles. The first-order chi connectivity index (χ1) is 5.81. The van der Waals surface area contributed by atoms with Crippen LogP contribution < -0.4 is 4.74 Å². The van der Waals surface area contributed by atoms with Crippen LogP contribution in [0.5, 0.6) is 5.75 Å². The zero-order valence-corrected chi connectivity index (χ0v) is 7.64. The van der Waals surface area contributed by atoms with Gasteiger partial charge in [0.05, 0.1) is 12.8 Å². The van der Waals surface area contributed by atoms with Crippen LogP contribution in [0.4, 0.5) is 0 Å². The SMILES string of the molecule is COc1ccc(Cl)nc1C1CC1. The predicted molar refractivity (Wildman–Crippen MR) is 47.8 cm³/mol. The largest absolute Gasteiger partial charge is 0.495 e. The van der Waals surface area contributed by atoms with Crippen molar-refractivity contribution >= 4 is 11.6 Å². The van der Waals surface area contributed by atoms with Crippen LogP contribution in [-0.4, -0.2) is 12.1 Å². The number of rotatable bonds is 2. The summed E-state index contributed by atoms with van der Waals surface area (Å²) in [6.07, 6.45) is 2.42. The van der Waals surface area contributed by atoms with Crippen LogP contribution in [0.2, 0.25) is 5.15 Å². The van der Waals surface area contributed by atoms with Crippen molar-refractivity contribution in [1.29, 1.82) is 0 Å². The lowest BCUT2D eigenvalue weighted by Crippen LogP contribution is -1.93. The molecule has 0 bridgehead atoms. The van der Waals surface area contributed by atoms with Crippen molar-refractivity contribution in [2.45, 2.75) is 18.8 Å². The molecule has 1 aromatic heterocycles. The van der Waals surface area contributed by atoms with Crippen molar-refractivity contribution in [1.82, 2.24) is 4.98 Å². The Bertz CT molecular complexity index is 297. The first-order valence-corrected chi connectivity index (χ1v) is 4.39. The fraction of sp³-hybridized carbons (Fsp3) is 0.444. The van der Waals surface area contributed by atoms with Gasteiger partial charge in [-0.3, -0.25) is 0 Å². The van der Waals surface area contributed by atoms with E-state index in [1.807, 2.05) is 6.07 Å². The molecule has 1 aliphatic carbocycles. The molecular weight excluding hydrogens is 174 g/mol. The second-order valence-electron chi connectivity index (χ2n) is 3.00. The molecule has 0 N–H and O–H groups in total. The van der Waals surface area contributed by atoms with Crippen molar-refractivity contribution in [3.63, 3.8) is 0 Å². The average Bonchev–Trinajstić information content (AvgIpc) is 2.87. The van der Waals surface area contributed by atoms with Gasteiger partial charge in [0.2, 0.25) is 0 Å². The third-order valence-electron chi connectivity index (χ3n) is 2.04. The van der Waals surface area contributed by atoms with Gasteiger partial charge in [-0.05, 0) is 25.0 Å². The highest BCUT2D eigenvalue weighted by Crippen LogP contribution is 2.43. The second kappa shape index (κ2) is 2.94. The minimum Gasteiger partial charge on any atom is -0.495 e. The molecule has 1 fully saturated rings. The maximum atomic E-state index is 5.78. The molecule has 1 heterocycles. The summed E-state index contributed by atoms with van der Waals surface area (Å²) in [6, 6.07) is 3.63. The molecule has 0 unspecified atom stereocenters. The Kier molecular flexibility index (Phi) is 1.93. The van der Waals surface area contributed by atoms with E-state index in [0.717, 1.165) is 11.4 Å². The van der Waals surface area contributed by atoms with Crippen molar-refractivity contribution in [2.24, 2.45) is 0 Å². The molecule has 0 spiro atoms. The normalized spacial score (nSPS) is 16.2. The lowest BCUT2D eigenvalue weighted by molar-refractivity contribution is 0.407. The number of aromatic nitrogens is 1. The van der Waals surface area contributed by atoms with Gasteiger partial charge >= 0.3 is 0 Å². The Morgan fingerprint density at radius 2 is 2.25 bits per heavy atom. The molecule has 0 aliphatic heterocycles. The highest BCUT2D eigenvalue weighted by atomic mass is 35.5. The van der Waals surface area contributed by atoms with Gasteiger partial charge in [0.15, 0.2) is 0 Å². The second-order valence-corrected chi connectivity index (χ2v) is 3.38. The topological polar surface area (TPSA) is 22.1 Å². The molecule has 2 rings (SSSR count). The Morgan fingerprint density at radius 3 is 2.83 bits per heavy atom. The molecule has 0 amide bonds. The molecule has 1 saturated carbocycles. The Balaban J connectivity index is 2.39. The van der Waals surface area contributed by atoms with Gasteiger partial charge in [0.25, 0.3) is 0 Å². The van der Waals surface area contributed by atoms with Gasteiger partial charge in [-0.1, -0.05) is 11.6 Å². The van der Waals surface area contributed by atoms with Gasteiger partial charge < -0.3 is 4.74 Å². The predicted octanol–water partition coefficient (Wildman–Crippen LogP) is 2.62. The molecule has 0 radical (unpaired) electrons. The number of methoxy groups -OCH3 is 1. The summed E-state index contributed by atoms with van der Waals surface area (Å²) in [5.74, 6) is 1.44. The van der Waals surface area contributed by atoms with Crippen LogP contribution in [0.3, 0.4) is 0 Å². The minimum absolute atomic E-state index is 0.553. The summed E-state index contributed by atoms with van der Waals surface area (Å²) in [6.45, 7) is 0. The molecule has 64 valence electrons. The van der Waals surface area contributed by atoms with Gasteiger partial charge in [0, 0.05) is 5.92 Å². The highest BCUT2D eigenvalue weighted by Gasteiger charge is 2.28. The van der Waals surface area contributed by atoms with Crippen LogP contribution in [0.1, 0.15) is 24.5 Å². The van der Waals surface area contributed by atoms with Gasteiger partial charge in [-0.15, -0.1) is 0 Å². The molecule has 0 atom stereocenters. The quantitative estimate of drug-likeness (QED) is 0.658. The van der Waals surface area contributed by atoms with Crippen molar-refractivity contribution in [2.75, 3.05) is 7.11 Å².